The summed E-state index contributed by atoms with van der Waals surface area (Å²) in [5.74, 6) is -0.0612. The highest BCUT2D eigenvalue weighted by Gasteiger charge is 2.41. The minimum Gasteiger partial charge on any atom is -0.273 e. The van der Waals surface area contributed by atoms with Gasteiger partial charge in [0.25, 0.3) is 0 Å². The molecule has 7 nitrogen and oxygen atoms in total. The van der Waals surface area contributed by atoms with Gasteiger partial charge in [0.1, 0.15) is 6.04 Å². The van der Waals surface area contributed by atoms with Gasteiger partial charge in [0.2, 0.25) is 0 Å². The van der Waals surface area contributed by atoms with Crippen molar-refractivity contribution >= 4 is 28.3 Å². The number of urea groups is 1. The Bertz CT molecular complexity index is 1090. The number of nitriles is 1. The number of halogens is 3. The molecule has 0 N–H and O–H groups in total. The minimum absolute atomic E-state index is 0.0569. The van der Waals surface area contributed by atoms with Crippen molar-refractivity contribution in [2.24, 2.45) is 0 Å². The van der Waals surface area contributed by atoms with E-state index in [0.717, 1.165) is 27.8 Å². The predicted octanol–water partition coefficient (Wildman–Crippen LogP) is 3.38. The van der Waals surface area contributed by atoms with E-state index in [1.165, 1.54) is 11.1 Å². The van der Waals surface area contributed by atoms with Gasteiger partial charge in [-0.3, -0.25) is 14.8 Å². The van der Waals surface area contributed by atoms with E-state index in [1.54, 1.807) is 18.3 Å². The summed E-state index contributed by atoms with van der Waals surface area (Å²) in [6, 6.07) is 9.67. The van der Waals surface area contributed by atoms with Gasteiger partial charge in [-0.05, 0) is 12.1 Å². The van der Waals surface area contributed by atoms with Crippen LogP contribution in [0, 0.1) is 11.3 Å². The molecule has 0 saturated carbocycles. The number of hydrogen-bond donors (Lipinski definition) is 0. The summed E-state index contributed by atoms with van der Waals surface area (Å²) in [6.07, 6.45) is -1.51. The first-order valence-electron chi connectivity index (χ1n) is 8.14. The van der Waals surface area contributed by atoms with Gasteiger partial charge < -0.3 is 0 Å². The second kappa shape index (κ2) is 6.45. The third-order valence-corrected chi connectivity index (χ3v) is 4.38. The fourth-order valence-electron chi connectivity index (χ4n) is 3.07. The molecule has 0 unspecified atom stereocenters. The smallest absolute Gasteiger partial charge is 0.273 e. The van der Waals surface area contributed by atoms with Crippen LogP contribution in [-0.2, 0) is 6.18 Å². The molecule has 1 fully saturated rings. The second-order valence-electron chi connectivity index (χ2n) is 6.06. The van der Waals surface area contributed by atoms with Crippen molar-refractivity contribution in [3.05, 3.63) is 54.5 Å². The molecule has 28 heavy (non-hydrogen) atoms. The van der Waals surface area contributed by atoms with Crippen LogP contribution in [0.1, 0.15) is 5.69 Å². The van der Waals surface area contributed by atoms with Gasteiger partial charge in [-0.1, -0.05) is 24.3 Å². The summed E-state index contributed by atoms with van der Waals surface area (Å²) >= 11 is 0. The summed E-state index contributed by atoms with van der Waals surface area (Å²) in [6.45, 7) is -0.0569. The highest BCUT2D eigenvalue weighted by Crippen LogP contribution is 2.33. The first kappa shape index (κ1) is 17.7. The number of rotatable bonds is 2. The number of carbonyl (C=O) groups excluding carboxylic acids is 1. The molecule has 2 amide bonds. The zero-order valence-corrected chi connectivity index (χ0v) is 14.1. The normalized spacial score (nSPS) is 17.2. The Labute approximate surface area is 156 Å². The third-order valence-electron chi connectivity index (χ3n) is 4.38. The lowest BCUT2D eigenvalue weighted by Crippen LogP contribution is -2.35. The standard InChI is InChI=1S/C18H11F3N6O/c19-18(20,21)15-5-6-16(25-24-15)26-10-12(7-22)27(17(26)28)14-9-23-8-11-3-1-2-4-13(11)14/h1-6,8-9,12H,10H2/t12-/m0/s1. The maximum absolute atomic E-state index is 13.0. The SMILES string of the molecule is N#C[C@H]1CN(c2ccc(C(F)(F)F)nn2)C(=O)N1c1cncc2ccccc12. The van der Waals surface area contributed by atoms with E-state index < -0.39 is 23.9 Å². The molecule has 4 rings (SSSR count). The Morgan fingerprint density at radius 2 is 1.89 bits per heavy atom. The van der Waals surface area contributed by atoms with Gasteiger partial charge in [-0.25, -0.2) is 4.79 Å². The Morgan fingerprint density at radius 1 is 1.11 bits per heavy atom. The molecule has 1 saturated heterocycles. The number of hydrogen-bond acceptors (Lipinski definition) is 5. The first-order chi connectivity index (χ1) is 13.4. The fraction of sp³-hybridized carbons (Fsp3) is 0.167. The average Bonchev–Trinajstić information content (AvgIpc) is 3.03. The maximum atomic E-state index is 13.0. The van der Waals surface area contributed by atoms with Crippen molar-refractivity contribution in [2.45, 2.75) is 12.2 Å². The Balaban J connectivity index is 1.73. The van der Waals surface area contributed by atoms with Crippen LogP contribution in [0.15, 0.2) is 48.8 Å². The van der Waals surface area contributed by atoms with Crippen molar-refractivity contribution in [3.63, 3.8) is 0 Å². The molecular weight excluding hydrogens is 373 g/mol. The summed E-state index contributed by atoms with van der Waals surface area (Å²) in [5.41, 5.74) is -0.716. The molecule has 1 aliphatic heterocycles. The van der Waals surface area contributed by atoms with E-state index in [4.69, 9.17) is 0 Å². The second-order valence-corrected chi connectivity index (χ2v) is 6.06. The zero-order valence-electron chi connectivity index (χ0n) is 14.1. The van der Waals surface area contributed by atoms with Gasteiger partial charge in [0.05, 0.1) is 24.5 Å². The number of anilines is 2. The number of fused-ring (bicyclic) bond motifs is 1. The third kappa shape index (κ3) is 2.87. The average molecular weight is 384 g/mol. The molecule has 0 spiro atoms. The number of amides is 2. The number of pyridine rings is 1. The maximum Gasteiger partial charge on any atom is 0.435 e. The molecule has 140 valence electrons. The highest BCUT2D eigenvalue weighted by atomic mass is 19.4. The van der Waals surface area contributed by atoms with Gasteiger partial charge in [-0.2, -0.15) is 18.4 Å². The molecule has 1 atom stereocenters. The number of carbonyl (C=O) groups is 1. The van der Waals surface area contributed by atoms with Crippen molar-refractivity contribution in [1.82, 2.24) is 15.2 Å². The lowest BCUT2D eigenvalue weighted by atomic mass is 10.1. The van der Waals surface area contributed by atoms with Crippen LogP contribution in [0.2, 0.25) is 0 Å². The van der Waals surface area contributed by atoms with Crippen LogP contribution in [0.4, 0.5) is 29.5 Å². The van der Waals surface area contributed by atoms with Gasteiger partial charge in [0.15, 0.2) is 11.5 Å². The number of aromatic nitrogens is 3. The molecule has 1 aromatic carbocycles. The summed E-state index contributed by atoms with van der Waals surface area (Å²) in [7, 11) is 0. The molecule has 1 aliphatic rings. The van der Waals surface area contributed by atoms with Crippen molar-refractivity contribution < 1.29 is 18.0 Å². The topological polar surface area (TPSA) is 86.0 Å². The fourth-order valence-corrected chi connectivity index (χ4v) is 3.07. The molecule has 0 bridgehead atoms. The molecule has 3 aromatic rings. The summed E-state index contributed by atoms with van der Waals surface area (Å²) in [5, 5.41) is 17.7. The zero-order chi connectivity index (χ0) is 19.9. The Kier molecular flexibility index (Phi) is 4.07. The van der Waals surface area contributed by atoms with Gasteiger partial charge in [0, 0.05) is 17.0 Å². The van der Waals surface area contributed by atoms with Crippen molar-refractivity contribution in [3.8, 4) is 6.07 Å². The van der Waals surface area contributed by atoms with Crippen LogP contribution >= 0.6 is 0 Å². The van der Waals surface area contributed by atoms with Crippen molar-refractivity contribution in [1.29, 1.82) is 5.26 Å². The monoisotopic (exact) mass is 384 g/mol. The number of nitrogens with zero attached hydrogens (tertiary/aromatic N) is 6. The van der Waals surface area contributed by atoms with Crippen LogP contribution in [0.5, 0.6) is 0 Å². The lowest BCUT2D eigenvalue weighted by molar-refractivity contribution is -0.141. The predicted molar refractivity (Wildman–Crippen MR) is 93.4 cm³/mol. The molecule has 10 heteroatoms. The minimum atomic E-state index is -4.63. The van der Waals surface area contributed by atoms with Crippen LogP contribution in [0.25, 0.3) is 10.8 Å². The molecule has 0 aliphatic carbocycles. The van der Waals surface area contributed by atoms with Crippen LogP contribution < -0.4 is 9.80 Å². The Hall–Kier alpha value is -3.74. The lowest BCUT2D eigenvalue weighted by Gasteiger charge is -2.20. The molecular formula is C18H11F3N6O. The van der Waals surface area contributed by atoms with Gasteiger partial charge >= 0.3 is 12.2 Å². The number of alkyl halides is 3. The van der Waals surface area contributed by atoms with E-state index in [-0.39, 0.29) is 12.4 Å². The van der Waals surface area contributed by atoms with E-state index in [0.29, 0.717) is 5.69 Å². The van der Waals surface area contributed by atoms with E-state index in [2.05, 4.69) is 21.3 Å². The van der Waals surface area contributed by atoms with E-state index >= 15 is 0 Å². The van der Waals surface area contributed by atoms with Crippen LogP contribution in [-0.4, -0.2) is 33.8 Å². The summed E-state index contributed by atoms with van der Waals surface area (Å²) in [4.78, 5) is 19.5. The van der Waals surface area contributed by atoms with Gasteiger partial charge in [-0.15, -0.1) is 10.2 Å². The molecule has 0 radical (unpaired) electrons. The first-order valence-corrected chi connectivity index (χ1v) is 8.14. The van der Waals surface area contributed by atoms with Crippen molar-refractivity contribution in [2.75, 3.05) is 16.3 Å². The number of benzene rings is 1. The molecule has 3 heterocycles. The summed E-state index contributed by atoms with van der Waals surface area (Å²) < 4.78 is 38.0. The van der Waals surface area contributed by atoms with Crippen LogP contribution in [0.3, 0.4) is 0 Å². The van der Waals surface area contributed by atoms with E-state index in [9.17, 15) is 23.2 Å². The largest absolute Gasteiger partial charge is 0.435 e. The molecule has 2 aromatic heterocycles. The quantitative estimate of drug-likeness (QED) is 0.676. The highest BCUT2D eigenvalue weighted by molar-refractivity contribution is 6.11. The Morgan fingerprint density at radius 3 is 2.57 bits per heavy atom. The van der Waals surface area contributed by atoms with E-state index in [1.807, 2.05) is 12.1 Å².